The highest BCUT2D eigenvalue weighted by Gasteiger charge is 2.11. The van der Waals surface area contributed by atoms with Gasteiger partial charge in [0.2, 0.25) is 0 Å². The Kier molecular flexibility index (Phi) is 3.71. The highest BCUT2D eigenvalue weighted by molar-refractivity contribution is 14.1. The Morgan fingerprint density at radius 2 is 1.42 bits per heavy atom. The molecule has 2 heterocycles. The van der Waals surface area contributed by atoms with Crippen LogP contribution in [0.4, 0.5) is 0 Å². The maximum atomic E-state index is 6.01. The average Bonchev–Trinajstić information content (AvgIpc) is 3.06. The zero-order chi connectivity index (χ0) is 17.5. The van der Waals surface area contributed by atoms with E-state index >= 15 is 0 Å². The number of rotatable bonds is 2. The van der Waals surface area contributed by atoms with Gasteiger partial charge in [-0.2, -0.15) is 0 Å². The third kappa shape index (κ3) is 2.66. The minimum absolute atomic E-state index is 0.734. The molecule has 0 aliphatic heterocycles. The van der Waals surface area contributed by atoms with Gasteiger partial charge in [-0.1, -0.05) is 54.6 Å². The minimum Gasteiger partial charge on any atom is -0.456 e. The topological polar surface area (TPSA) is 38.9 Å². The number of para-hydroxylation sites is 1. The molecule has 0 aliphatic carbocycles. The van der Waals surface area contributed by atoms with E-state index in [1.807, 2.05) is 54.6 Å². The normalized spacial score (nSPS) is 11.3. The lowest BCUT2D eigenvalue weighted by molar-refractivity contribution is 0.669. The maximum absolute atomic E-state index is 6.01. The van der Waals surface area contributed by atoms with E-state index in [4.69, 9.17) is 9.40 Å². The van der Waals surface area contributed by atoms with Crippen LogP contribution in [-0.4, -0.2) is 9.97 Å². The van der Waals surface area contributed by atoms with Crippen LogP contribution in [0.1, 0.15) is 0 Å². The van der Waals surface area contributed by atoms with E-state index in [0.717, 1.165) is 48.3 Å². The molecular weight excluding hydrogens is 435 g/mol. The second kappa shape index (κ2) is 6.21. The molecule has 5 rings (SSSR count). The van der Waals surface area contributed by atoms with Gasteiger partial charge in [-0.15, -0.1) is 0 Å². The molecule has 2 aromatic heterocycles. The van der Waals surface area contributed by atoms with Crippen LogP contribution in [0.2, 0.25) is 0 Å². The van der Waals surface area contributed by atoms with Crippen molar-refractivity contribution in [3.05, 3.63) is 82.6 Å². The summed E-state index contributed by atoms with van der Waals surface area (Å²) in [6.07, 6.45) is 0. The van der Waals surface area contributed by atoms with Crippen molar-refractivity contribution >= 4 is 44.5 Å². The lowest BCUT2D eigenvalue weighted by Crippen LogP contribution is -1.94. The second-order valence-corrected chi connectivity index (χ2v) is 7.18. The van der Waals surface area contributed by atoms with Crippen molar-refractivity contribution < 1.29 is 4.42 Å². The van der Waals surface area contributed by atoms with Crippen LogP contribution in [0.3, 0.4) is 0 Å². The van der Waals surface area contributed by atoms with E-state index in [1.165, 1.54) is 0 Å². The molecule has 0 aliphatic rings. The number of halogens is 1. The third-order valence-corrected chi connectivity index (χ3v) is 4.95. The molecule has 3 nitrogen and oxygen atoms in total. The number of hydrogen-bond acceptors (Lipinski definition) is 3. The molecular formula is C22H13IN2O. The smallest absolute Gasteiger partial charge is 0.160 e. The first-order valence-electron chi connectivity index (χ1n) is 8.30. The van der Waals surface area contributed by atoms with Gasteiger partial charge in [0.1, 0.15) is 14.9 Å². The molecule has 0 amide bonds. The van der Waals surface area contributed by atoms with Crippen LogP contribution >= 0.6 is 22.6 Å². The molecule has 0 radical (unpaired) electrons. The molecule has 3 aromatic carbocycles. The first-order valence-corrected chi connectivity index (χ1v) is 9.37. The molecule has 0 saturated heterocycles. The van der Waals surface area contributed by atoms with Crippen molar-refractivity contribution in [2.45, 2.75) is 0 Å². The summed E-state index contributed by atoms with van der Waals surface area (Å²) in [5, 5.41) is 2.26. The van der Waals surface area contributed by atoms with Gasteiger partial charge in [0.05, 0.1) is 5.69 Å². The van der Waals surface area contributed by atoms with Gasteiger partial charge in [0.25, 0.3) is 0 Å². The Hall–Kier alpha value is -2.73. The summed E-state index contributed by atoms with van der Waals surface area (Å²) >= 11 is 2.24. The zero-order valence-corrected chi connectivity index (χ0v) is 15.8. The van der Waals surface area contributed by atoms with Gasteiger partial charge in [-0.25, -0.2) is 9.97 Å². The minimum atomic E-state index is 0.734. The third-order valence-electron chi connectivity index (χ3n) is 4.40. The fourth-order valence-corrected chi connectivity index (χ4v) is 3.69. The largest absolute Gasteiger partial charge is 0.456 e. The van der Waals surface area contributed by atoms with Gasteiger partial charge in [-0.3, -0.25) is 0 Å². The van der Waals surface area contributed by atoms with E-state index in [9.17, 15) is 0 Å². The Labute approximate surface area is 163 Å². The lowest BCUT2D eigenvalue weighted by Gasteiger charge is -2.06. The molecule has 0 bridgehead atoms. The standard InChI is InChI=1S/C22H13IN2O/c23-21-13-18(24-22(25-21)14-6-2-1-3-7-14)15-10-11-17-16-8-4-5-9-19(16)26-20(17)12-15/h1-13H. The van der Waals surface area contributed by atoms with Crippen molar-refractivity contribution in [3.63, 3.8) is 0 Å². The van der Waals surface area contributed by atoms with Crippen LogP contribution in [0.15, 0.2) is 83.3 Å². The van der Waals surface area contributed by atoms with Crippen molar-refractivity contribution in [1.82, 2.24) is 9.97 Å². The first-order chi connectivity index (χ1) is 12.8. The second-order valence-electron chi connectivity index (χ2n) is 6.07. The number of hydrogen-bond donors (Lipinski definition) is 0. The number of benzene rings is 3. The SMILES string of the molecule is Ic1cc(-c2ccc3c(c2)oc2ccccc23)nc(-c2ccccc2)n1. The predicted molar refractivity (Wildman–Crippen MR) is 113 cm³/mol. The van der Waals surface area contributed by atoms with E-state index in [-0.39, 0.29) is 0 Å². The van der Waals surface area contributed by atoms with Gasteiger partial charge < -0.3 is 4.42 Å². The van der Waals surface area contributed by atoms with E-state index in [1.54, 1.807) is 0 Å². The summed E-state index contributed by atoms with van der Waals surface area (Å²) in [6.45, 7) is 0. The molecule has 26 heavy (non-hydrogen) atoms. The molecule has 0 unspecified atom stereocenters. The maximum Gasteiger partial charge on any atom is 0.160 e. The van der Waals surface area contributed by atoms with Crippen LogP contribution in [-0.2, 0) is 0 Å². The van der Waals surface area contributed by atoms with Crippen molar-refractivity contribution in [3.8, 4) is 22.6 Å². The molecule has 0 N–H and O–H groups in total. The Morgan fingerprint density at radius 1 is 0.654 bits per heavy atom. The zero-order valence-electron chi connectivity index (χ0n) is 13.7. The van der Waals surface area contributed by atoms with Gasteiger partial charge in [-0.05, 0) is 46.9 Å². The van der Waals surface area contributed by atoms with Gasteiger partial charge >= 0.3 is 0 Å². The Bertz CT molecular complexity index is 1250. The number of aromatic nitrogens is 2. The van der Waals surface area contributed by atoms with Crippen LogP contribution in [0, 0.1) is 3.70 Å². The van der Waals surface area contributed by atoms with Crippen molar-refractivity contribution in [2.75, 3.05) is 0 Å². The molecule has 5 aromatic rings. The number of furan rings is 1. The summed E-state index contributed by atoms with van der Waals surface area (Å²) in [5.41, 5.74) is 4.71. The summed E-state index contributed by atoms with van der Waals surface area (Å²) < 4.78 is 6.93. The van der Waals surface area contributed by atoms with Gasteiger partial charge in [0.15, 0.2) is 5.82 Å². The summed E-state index contributed by atoms with van der Waals surface area (Å²) in [5.74, 6) is 0.734. The quantitative estimate of drug-likeness (QED) is 0.235. The van der Waals surface area contributed by atoms with Gasteiger partial charge in [0, 0.05) is 21.9 Å². The van der Waals surface area contributed by atoms with Crippen LogP contribution < -0.4 is 0 Å². The Morgan fingerprint density at radius 3 is 2.31 bits per heavy atom. The molecule has 0 fully saturated rings. The summed E-state index contributed by atoms with van der Waals surface area (Å²) in [4.78, 5) is 9.36. The molecule has 4 heteroatoms. The number of nitrogens with zero attached hydrogens (tertiary/aromatic N) is 2. The van der Waals surface area contributed by atoms with Crippen molar-refractivity contribution in [1.29, 1.82) is 0 Å². The highest BCUT2D eigenvalue weighted by atomic mass is 127. The molecule has 0 saturated carbocycles. The Balaban J connectivity index is 1.67. The first kappa shape index (κ1) is 15.5. The van der Waals surface area contributed by atoms with E-state index < -0.39 is 0 Å². The predicted octanol–water partition coefficient (Wildman–Crippen LogP) is 6.31. The molecule has 124 valence electrons. The van der Waals surface area contributed by atoms with E-state index in [2.05, 4.69) is 51.8 Å². The van der Waals surface area contributed by atoms with Crippen LogP contribution in [0.5, 0.6) is 0 Å². The number of fused-ring (bicyclic) bond motifs is 3. The fourth-order valence-electron chi connectivity index (χ4n) is 3.17. The highest BCUT2D eigenvalue weighted by Crippen LogP contribution is 2.32. The lowest BCUT2D eigenvalue weighted by atomic mass is 10.1. The summed E-state index contributed by atoms with van der Waals surface area (Å²) in [6, 6.07) is 26.4. The van der Waals surface area contributed by atoms with E-state index in [0.29, 0.717) is 0 Å². The fraction of sp³-hybridized carbons (Fsp3) is 0. The summed E-state index contributed by atoms with van der Waals surface area (Å²) in [7, 11) is 0. The molecule has 0 atom stereocenters. The monoisotopic (exact) mass is 448 g/mol. The van der Waals surface area contributed by atoms with Crippen LogP contribution in [0.25, 0.3) is 44.6 Å². The molecule has 0 spiro atoms. The van der Waals surface area contributed by atoms with Crippen molar-refractivity contribution in [2.24, 2.45) is 0 Å². The average molecular weight is 448 g/mol.